The molecule has 1 aliphatic carbocycles. The summed E-state index contributed by atoms with van der Waals surface area (Å²) in [5.74, 6) is -0.763. The molecule has 1 saturated heterocycles. The van der Waals surface area contributed by atoms with E-state index in [1.807, 2.05) is 30.3 Å². The minimum atomic E-state index is -0.979. The van der Waals surface area contributed by atoms with E-state index in [1.165, 1.54) is 22.9 Å². The molecular formula is C30H31FO5. The fraction of sp³-hybridized carbons (Fsp3) is 0.367. The lowest BCUT2D eigenvalue weighted by Gasteiger charge is -2.39. The number of ether oxygens (including phenoxy) is 3. The van der Waals surface area contributed by atoms with Gasteiger partial charge in [-0.1, -0.05) is 60.7 Å². The zero-order valence-electron chi connectivity index (χ0n) is 20.1. The van der Waals surface area contributed by atoms with E-state index in [1.54, 1.807) is 0 Å². The Kier molecular flexibility index (Phi) is 7.46. The van der Waals surface area contributed by atoms with E-state index in [0.717, 1.165) is 24.0 Å². The molecule has 1 N–H and O–H groups in total. The molecule has 4 atom stereocenters. The Balaban J connectivity index is 1.28. The van der Waals surface area contributed by atoms with Crippen molar-refractivity contribution in [2.24, 2.45) is 11.8 Å². The summed E-state index contributed by atoms with van der Waals surface area (Å²) in [6, 6.07) is 21.5. The van der Waals surface area contributed by atoms with Crippen LogP contribution in [0, 0.1) is 17.7 Å². The maximum Gasteiger partial charge on any atom is 0.329 e. The molecule has 3 aromatic rings. The van der Waals surface area contributed by atoms with E-state index in [-0.39, 0.29) is 42.4 Å². The van der Waals surface area contributed by atoms with Crippen molar-refractivity contribution >= 4 is 16.7 Å². The predicted molar refractivity (Wildman–Crippen MR) is 135 cm³/mol. The number of fused-ring (bicyclic) bond motifs is 3. The number of hydrogen-bond acceptors (Lipinski definition) is 4. The van der Waals surface area contributed by atoms with Crippen molar-refractivity contribution in [2.45, 2.75) is 31.0 Å². The third-order valence-corrected chi connectivity index (χ3v) is 7.63. The molecule has 0 radical (unpaired) electrons. The summed E-state index contributed by atoms with van der Waals surface area (Å²) < 4.78 is 31.3. The molecule has 36 heavy (non-hydrogen) atoms. The Hall–Kier alpha value is -3.06. The average molecular weight is 491 g/mol. The minimum absolute atomic E-state index is 0.0910. The minimum Gasteiger partial charge on any atom is -0.480 e. The molecule has 0 spiro atoms. The van der Waals surface area contributed by atoms with E-state index in [9.17, 15) is 9.18 Å². The second-order valence-corrected chi connectivity index (χ2v) is 9.80. The normalized spacial score (nSPS) is 25.2. The molecule has 2 fully saturated rings. The van der Waals surface area contributed by atoms with Gasteiger partial charge in [-0.2, -0.15) is 0 Å². The third kappa shape index (κ3) is 5.21. The number of allylic oxidation sites excluding steroid dienone is 1. The lowest BCUT2D eigenvalue weighted by Crippen LogP contribution is -2.41. The van der Waals surface area contributed by atoms with E-state index >= 15 is 0 Å². The Morgan fingerprint density at radius 3 is 2.67 bits per heavy atom. The molecule has 1 aliphatic heterocycles. The van der Waals surface area contributed by atoms with Gasteiger partial charge in [-0.15, -0.1) is 0 Å². The van der Waals surface area contributed by atoms with Crippen molar-refractivity contribution in [1.82, 2.24) is 0 Å². The first-order chi connectivity index (χ1) is 17.5. The third-order valence-electron chi connectivity index (χ3n) is 7.63. The summed E-state index contributed by atoms with van der Waals surface area (Å²) in [7, 11) is 0. The molecule has 1 heterocycles. The van der Waals surface area contributed by atoms with Crippen LogP contribution in [0.4, 0.5) is 4.39 Å². The number of hydrogen-bond donors (Lipinski definition) is 1. The molecule has 6 heteroatoms. The van der Waals surface area contributed by atoms with Gasteiger partial charge >= 0.3 is 5.97 Å². The van der Waals surface area contributed by atoms with Crippen LogP contribution in [-0.2, 0) is 31.0 Å². The van der Waals surface area contributed by atoms with Crippen molar-refractivity contribution in [2.75, 3.05) is 26.4 Å². The Morgan fingerprint density at radius 2 is 1.86 bits per heavy atom. The molecule has 0 aromatic heterocycles. The summed E-state index contributed by atoms with van der Waals surface area (Å²) in [5.41, 5.74) is 2.05. The zero-order valence-corrected chi connectivity index (χ0v) is 20.1. The van der Waals surface area contributed by atoms with Crippen molar-refractivity contribution in [1.29, 1.82) is 0 Å². The Morgan fingerprint density at radius 1 is 1.06 bits per heavy atom. The number of halogens is 1. The van der Waals surface area contributed by atoms with Crippen LogP contribution in [0.1, 0.15) is 24.0 Å². The molecule has 188 valence electrons. The Bertz CT molecular complexity index is 1220. The molecule has 5 nitrogen and oxygen atoms in total. The highest BCUT2D eigenvalue weighted by Gasteiger charge is 2.59. The molecular weight excluding hydrogens is 459 g/mol. The molecule has 4 unspecified atom stereocenters. The maximum atomic E-state index is 13.7. The first kappa shape index (κ1) is 24.6. The molecule has 0 amide bonds. The van der Waals surface area contributed by atoms with Crippen LogP contribution in [0.3, 0.4) is 0 Å². The second-order valence-electron chi connectivity index (χ2n) is 9.80. The van der Waals surface area contributed by atoms with E-state index < -0.39 is 5.97 Å². The molecule has 2 bridgehead atoms. The summed E-state index contributed by atoms with van der Waals surface area (Å²) in [4.78, 5) is 10.7. The number of carboxylic acid groups (broad SMARTS) is 1. The van der Waals surface area contributed by atoms with Crippen molar-refractivity contribution in [3.05, 3.63) is 95.8 Å². The highest BCUT2D eigenvalue weighted by molar-refractivity contribution is 5.82. The van der Waals surface area contributed by atoms with Crippen LogP contribution < -0.4 is 0 Å². The van der Waals surface area contributed by atoms with Gasteiger partial charge in [0.15, 0.2) is 0 Å². The fourth-order valence-electron chi connectivity index (χ4n) is 5.92. The van der Waals surface area contributed by atoms with Gasteiger partial charge in [-0.25, -0.2) is 9.18 Å². The van der Waals surface area contributed by atoms with Gasteiger partial charge in [0.1, 0.15) is 12.4 Å². The maximum absolute atomic E-state index is 13.7. The molecule has 1 saturated carbocycles. The highest BCUT2D eigenvalue weighted by Crippen LogP contribution is 2.56. The van der Waals surface area contributed by atoms with Crippen molar-refractivity contribution < 1.29 is 28.5 Å². The van der Waals surface area contributed by atoms with Crippen LogP contribution in [0.15, 0.2) is 78.9 Å². The van der Waals surface area contributed by atoms with Crippen molar-refractivity contribution in [3.8, 4) is 0 Å². The number of benzene rings is 3. The first-order valence-electron chi connectivity index (χ1n) is 12.4. The summed E-state index contributed by atoms with van der Waals surface area (Å²) in [6.07, 6.45) is 5.71. The summed E-state index contributed by atoms with van der Waals surface area (Å²) >= 11 is 0. The number of rotatable bonds is 11. The first-order valence-corrected chi connectivity index (χ1v) is 12.4. The average Bonchev–Trinajstić information content (AvgIpc) is 3.44. The van der Waals surface area contributed by atoms with Gasteiger partial charge in [0.05, 0.1) is 32.5 Å². The van der Waals surface area contributed by atoms with Gasteiger partial charge in [0.25, 0.3) is 0 Å². The van der Waals surface area contributed by atoms with Crippen LogP contribution in [0.5, 0.6) is 0 Å². The lowest BCUT2D eigenvalue weighted by molar-refractivity contribution is -0.141. The van der Waals surface area contributed by atoms with E-state index in [0.29, 0.717) is 19.8 Å². The summed E-state index contributed by atoms with van der Waals surface area (Å²) in [6.45, 7) is 1.66. The SMILES string of the molecule is O=C(O)COC/C=C\CC1C(COCc2ccc3ccccc3c2)C2CC1(c1ccc(F)cc1)CO2. The van der Waals surface area contributed by atoms with Gasteiger partial charge in [0.2, 0.25) is 0 Å². The smallest absolute Gasteiger partial charge is 0.329 e. The van der Waals surface area contributed by atoms with Gasteiger partial charge < -0.3 is 19.3 Å². The van der Waals surface area contributed by atoms with Gasteiger partial charge in [-0.05, 0) is 58.9 Å². The lowest BCUT2D eigenvalue weighted by atomic mass is 9.69. The van der Waals surface area contributed by atoms with Crippen LogP contribution in [0.2, 0.25) is 0 Å². The van der Waals surface area contributed by atoms with Gasteiger partial charge in [0, 0.05) is 11.3 Å². The van der Waals surface area contributed by atoms with Crippen LogP contribution in [0.25, 0.3) is 10.8 Å². The quantitative estimate of drug-likeness (QED) is 0.283. The second kappa shape index (κ2) is 10.9. The van der Waals surface area contributed by atoms with E-state index in [2.05, 4.69) is 36.4 Å². The van der Waals surface area contributed by atoms with Crippen LogP contribution in [-0.4, -0.2) is 43.6 Å². The predicted octanol–water partition coefficient (Wildman–Crippen LogP) is 5.52. The largest absolute Gasteiger partial charge is 0.480 e. The number of aliphatic carboxylic acids is 1. The van der Waals surface area contributed by atoms with Crippen LogP contribution >= 0.6 is 0 Å². The van der Waals surface area contributed by atoms with Crippen molar-refractivity contribution in [3.63, 3.8) is 0 Å². The number of carboxylic acids is 1. The molecule has 5 rings (SSSR count). The Labute approximate surface area is 210 Å². The van der Waals surface area contributed by atoms with Gasteiger partial charge in [-0.3, -0.25) is 0 Å². The molecule has 2 aliphatic rings. The standard InChI is InChI=1S/C30H31FO5/c31-25-12-10-24(11-13-25)30-16-28(36-20-30)26(27(30)7-3-4-14-34-19-29(32)33)18-35-17-21-8-9-22-5-1-2-6-23(22)15-21/h1-6,8-13,15,26-28H,7,14,16-20H2,(H,32,33)/b4-3-. The number of carbonyl (C=O) groups is 1. The molecule has 3 aromatic carbocycles. The summed E-state index contributed by atoms with van der Waals surface area (Å²) in [5, 5.41) is 11.2. The monoisotopic (exact) mass is 490 g/mol. The zero-order chi connectivity index (χ0) is 25.0. The van der Waals surface area contributed by atoms with E-state index in [4.69, 9.17) is 19.3 Å². The highest BCUT2D eigenvalue weighted by atomic mass is 19.1. The fourth-order valence-corrected chi connectivity index (χ4v) is 5.92. The topological polar surface area (TPSA) is 65.0 Å².